The normalized spacial score (nSPS) is 10.8. The molecule has 2 N–H and O–H groups in total. The molecule has 18 heavy (non-hydrogen) atoms. The standard InChI is InChI=1S/C12H21FN4O/c1-4-5-14-12-15-8-10(13)11(16-12)17(6-7-18)9(2)3/h8-9,18H,4-7H2,1-3H3,(H,14,15,16). The van der Waals surface area contributed by atoms with E-state index in [2.05, 4.69) is 15.3 Å². The lowest BCUT2D eigenvalue weighted by Crippen LogP contribution is -2.35. The second-order valence-electron chi connectivity index (χ2n) is 4.30. The highest BCUT2D eigenvalue weighted by Gasteiger charge is 2.17. The van der Waals surface area contributed by atoms with Crippen LogP contribution in [-0.4, -0.2) is 40.8 Å². The number of aromatic nitrogens is 2. The Kier molecular flexibility index (Phi) is 5.77. The number of hydrogen-bond acceptors (Lipinski definition) is 5. The second-order valence-corrected chi connectivity index (χ2v) is 4.30. The Hall–Kier alpha value is -1.43. The number of rotatable bonds is 7. The van der Waals surface area contributed by atoms with Crippen molar-refractivity contribution in [3.63, 3.8) is 0 Å². The van der Waals surface area contributed by atoms with Crippen LogP contribution in [-0.2, 0) is 0 Å². The highest BCUT2D eigenvalue weighted by molar-refractivity contribution is 5.44. The molecule has 5 nitrogen and oxygen atoms in total. The van der Waals surface area contributed by atoms with Crippen LogP contribution in [0, 0.1) is 5.82 Å². The number of aliphatic hydroxyl groups is 1. The maximum Gasteiger partial charge on any atom is 0.224 e. The van der Waals surface area contributed by atoms with Gasteiger partial charge in [0.15, 0.2) is 11.6 Å². The molecule has 1 aromatic rings. The van der Waals surface area contributed by atoms with Crippen molar-refractivity contribution in [2.75, 3.05) is 29.9 Å². The van der Waals surface area contributed by atoms with Gasteiger partial charge in [-0.3, -0.25) is 0 Å². The average molecular weight is 256 g/mol. The topological polar surface area (TPSA) is 61.3 Å². The SMILES string of the molecule is CCCNc1ncc(F)c(N(CCO)C(C)C)n1. The summed E-state index contributed by atoms with van der Waals surface area (Å²) >= 11 is 0. The average Bonchev–Trinajstić information content (AvgIpc) is 2.35. The molecule has 0 saturated heterocycles. The van der Waals surface area contributed by atoms with Gasteiger partial charge in [-0.25, -0.2) is 9.37 Å². The predicted octanol–water partition coefficient (Wildman–Crippen LogP) is 1.64. The van der Waals surface area contributed by atoms with E-state index in [4.69, 9.17) is 5.11 Å². The van der Waals surface area contributed by atoms with Crippen LogP contribution >= 0.6 is 0 Å². The lowest BCUT2D eigenvalue weighted by atomic mass is 10.3. The Morgan fingerprint density at radius 3 is 2.78 bits per heavy atom. The first-order valence-corrected chi connectivity index (χ1v) is 6.24. The number of nitrogens with zero attached hydrogens (tertiary/aromatic N) is 3. The van der Waals surface area contributed by atoms with Gasteiger partial charge < -0.3 is 15.3 Å². The summed E-state index contributed by atoms with van der Waals surface area (Å²) in [5, 5.41) is 12.0. The van der Waals surface area contributed by atoms with Crippen molar-refractivity contribution in [1.29, 1.82) is 0 Å². The number of anilines is 2. The van der Waals surface area contributed by atoms with Crippen molar-refractivity contribution in [1.82, 2.24) is 9.97 Å². The third-order valence-corrected chi connectivity index (χ3v) is 2.50. The highest BCUT2D eigenvalue weighted by Crippen LogP contribution is 2.19. The zero-order valence-electron chi connectivity index (χ0n) is 11.1. The number of nitrogens with one attached hydrogen (secondary N) is 1. The van der Waals surface area contributed by atoms with Gasteiger partial charge in [0.05, 0.1) is 12.8 Å². The van der Waals surface area contributed by atoms with Gasteiger partial charge in [-0.2, -0.15) is 4.98 Å². The van der Waals surface area contributed by atoms with E-state index in [1.54, 1.807) is 4.90 Å². The van der Waals surface area contributed by atoms with E-state index < -0.39 is 5.82 Å². The van der Waals surface area contributed by atoms with Crippen molar-refractivity contribution in [3.05, 3.63) is 12.0 Å². The summed E-state index contributed by atoms with van der Waals surface area (Å²) in [6.45, 7) is 6.93. The minimum absolute atomic E-state index is 0.0423. The van der Waals surface area contributed by atoms with Crippen molar-refractivity contribution in [2.24, 2.45) is 0 Å². The Labute approximate surface area is 107 Å². The Morgan fingerprint density at radius 1 is 1.50 bits per heavy atom. The zero-order chi connectivity index (χ0) is 13.5. The summed E-state index contributed by atoms with van der Waals surface area (Å²) in [6.07, 6.45) is 2.10. The molecule has 0 aliphatic heterocycles. The monoisotopic (exact) mass is 256 g/mol. The maximum atomic E-state index is 13.7. The van der Waals surface area contributed by atoms with Crippen LogP contribution in [0.3, 0.4) is 0 Å². The first kappa shape index (κ1) is 14.6. The van der Waals surface area contributed by atoms with Crippen LogP contribution in [0.2, 0.25) is 0 Å². The molecule has 0 aromatic carbocycles. The minimum Gasteiger partial charge on any atom is -0.395 e. The molecule has 0 saturated carbocycles. The summed E-state index contributed by atoms with van der Waals surface area (Å²) in [5.41, 5.74) is 0. The quantitative estimate of drug-likeness (QED) is 0.776. The fourth-order valence-corrected chi connectivity index (χ4v) is 1.60. The first-order valence-electron chi connectivity index (χ1n) is 6.24. The third-order valence-electron chi connectivity index (χ3n) is 2.50. The lowest BCUT2D eigenvalue weighted by Gasteiger charge is -2.27. The van der Waals surface area contributed by atoms with Crippen molar-refractivity contribution < 1.29 is 9.50 Å². The molecule has 102 valence electrons. The molecular formula is C12H21FN4O. The van der Waals surface area contributed by atoms with E-state index in [9.17, 15) is 4.39 Å². The summed E-state index contributed by atoms with van der Waals surface area (Å²) < 4.78 is 13.7. The molecule has 0 fully saturated rings. The van der Waals surface area contributed by atoms with Gasteiger partial charge in [0.2, 0.25) is 5.95 Å². The smallest absolute Gasteiger partial charge is 0.224 e. The van der Waals surface area contributed by atoms with Crippen LogP contribution in [0.4, 0.5) is 16.2 Å². The first-order chi connectivity index (χ1) is 8.60. The highest BCUT2D eigenvalue weighted by atomic mass is 19.1. The number of halogens is 1. The fourth-order valence-electron chi connectivity index (χ4n) is 1.60. The maximum absolute atomic E-state index is 13.7. The molecule has 1 aromatic heterocycles. The largest absolute Gasteiger partial charge is 0.395 e. The Bertz CT molecular complexity index is 373. The molecule has 0 unspecified atom stereocenters. The molecule has 0 spiro atoms. The van der Waals surface area contributed by atoms with E-state index in [1.165, 1.54) is 0 Å². The summed E-state index contributed by atoms with van der Waals surface area (Å²) in [4.78, 5) is 9.78. The number of hydrogen-bond donors (Lipinski definition) is 2. The van der Waals surface area contributed by atoms with Crippen LogP contribution < -0.4 is 10.2 Å². The molecule has 0 bridgehead atoms. The van der Waals surface area contributed by atoms with Crippen LogP contribution in [0.1, 0.15) is 27.2 Å². The Balaban J connectivity index is 2.96. The van der Waals surface area contributed by atoms with E-state index >= 15 is 0 Å². The van der Waals surface area contributed by atoms with Gasteiger partial charge >= 0.3 is 0 Å². The van der Waals surface area contributed by atoms with E-state index in [1.807, 2.05) is 20.8 Å². The van der Waals surface area contributed by atoms with Gasteiger partial charge in [0, 0.05) is 19.1 Å². The van der Waals surface area contributed by atoms with Crippen LogP contribution in [0.15, 0.2) is 6.20 Å². The van der Waals surface area contributed by atoms with Crippen LogP contribution in [0.5, 0.6) is 0 Å². The molecular weight excluding hydrogens is 235 g/mol. The van der Waals surface area contributed by atoms with Gasteiger partial charge in [-0.05, 0) is 20.3 Å². The molecule has 0 radical (unpaired) electrons. The summed E-state index contributed by atoms with van der Waals surface area (Å²) in [7, 11) is 0. The Morgan fingerprint density at radius 2 is 2.22 bits per heavy atom. The molecule has 0 atom stereocenters. The van der Waals surface area contributed by atoms with Crippen molar-refractivity contribution in [2.45, 2.75) is 33.2 Å². The summed E-state index contributed by atoms with van der Waals surface area (Å²) in [5.74, 6) is 0.170. The molecule has 1 rings (SSSR count). The minimum atomic E-state index is -0.473. The van der Waals surface area contributed by atoms with Crippen molar-refractivity contribution >= 4 is 11.8 Å². The second kappa shape index (κ2) is 7.10. The lowest BCUT2D eigenvalue weighted by molar-refractivity contribution is 0.298. The van der Waals surface area contributed by atoms with Crippen LogP contribution in [0.25, 0.3) is 0 Å². The third kappa shape index (κ3) is 3.80. The van der Waals surface area contributed by atoms with Gasteiger partial charge in [0.25, 0.3) is 0 Å². The van der Waals surface area contributed by atoms with Gasteiger partial charge in [0.1, 0.15) is 0 Å². The van der Waals surface area contributed by atoms with Gasteiger partial charge in [-0.1, -0.05) is 6.92 Å². The molecule has 0 aliphatic carbocycles. The predicted molar refractivity (Wildman–Crippen MR) is 70.3 cm³/mol. The number of aliphatic hydroxyl groups excluding tert-OH is 1. The van der Waals surface area contributed by atoms with E-state index in [0.717, 1.165) is 19.2 Å². The molecule has 0 aliphatic rings. The van der Waals surface area contributed by atoms with E-state index in [0.29, 0.717) is 12.5 Å². The zero-order valence-corrected chi connectivity index (χ0v) is 11.1. The molecule has 6 heteroatoms. The van der Waals surface area contributed by atoms with Gasteiger partial charge in [-0.15, -0.1) is 0 Å². The van der Waals surface area contributed by atoms with Crippen molar-refractivity contribution in [3.8, 4) is 0 Å². The van der Waals surface area contributed by atoms with E-state index in [-0.39, 0.29) is 18.5 Å². The molecule has 1 heterocycles. The summed E-state index contributed by atoms with van der Waals surface area (Å²) in [6, 6.07) is 0.0561. The molecule has 0 amide bonds. The fraction of sp³-hybridized carbons (Fsp3) is 0.667.